The standard InChI is InChI=1S/C30H28N2O4/c1-22(23-9-4-2-5-10-23)31-29(33)24-15-17-26(18-16-24)32-30(34)25-11-8-14-28(21-25)36-20-19-35-27-12-6-3-7-13-27/h2-18,21-22H,19-20H2,1H3,(H,31,33)(H,32,34). The van der Waals surface area contributed by atoms with Crippen LogP contribution in [0.1, 0.15) is 39.2 Å². The maximum atomic E-state index is 12.7. The van der Waals surface area contributed by atoms with Crippen LogP contribution in [-0.4, -0.2) is 25.0 Å². The molecule has 0 saturated carbocycles. The van der Waals surface area contributed by atoms with E-state index in [1.54, 1.807) is 48.5 Å². The molecular formula is C30H28N2O4. The first kappa shape index (κ1) is 24.5. The fourth-order valence-electron chi connectivity index (χ4n) is 3.58. The maximum absolute atomic E-state index is 12.7. The van der Waals surface area contributed by atoms with E-state index in [2.05, 4.69) is 10.6 Å². The van der Waals surface area contributed by atoms with Crippen LogP contribution in [0.4, 0.5) is 5.69 Å². The minimum atomic E-state index is -0.268. The van der Waals surface area contributed by atoms with Crippen molar-refractivity contribution in [1.29, 1.82) is 0 Å². The van der Waals surface area contributed by atoms with Gasteiger partial charge in [-0.1, -0.05) is 54.6 Å². The van der Waals surface area contributed by atoms with Crippen molar-refractivity contribution in [2.24, 2.45) is 0 Å². The van der Waals surface area contributed by atoms with Gasteiger partial charge in [0.15, 0.2) is 0 Å². The molecule has 6 heteroatoms. The molecule has 2 amide bonds. The summed E-state index contributed by atoms with van der Waals surface area (Å²) in [6, 6.07) is 32.9. The summed E-state index contributed by atoms with van der Waals surface area (Å²) >= 11 is 0. The molecule has 182 valence electrons. The number of anilines is 1. The zero-order valence-corrected chi connectivity index (χ0v) is 20.0. The number of benzene rings is 4. The highest BCUT2D eigenvalue weighted by Crippen LogP contribution is 2.17. The van der Waals surface area contributed by atoms with E-state index in [4.69, 9.17) is 9.47 Å². The quantitative estimate of drug-likeness (QED) is 0.278. The molecule has 0 fully saturated rings. The predicted molar refractivity (Wildman–Crippen MR) is 141 cm³/mol. The average Bonchev–Trinajstić information content (AvgIpc) is 2.92. The van der Waals surface area contributed by atoms with Gasteiger partial charge in [-0.25, -0.2) is 0 Å². The number of hydrogen-bond donors (Lipinski definition) is 2. The van der Waals surface area contributed by atoms with Crippen molar-refractivity contribution >= 4 is 17.5 Å². The van der Waals surface area contributed by atoms with Crippen LogP contribution in [0, 0.1) is 0 Å². The Bertz CT molecular complexity index is 1280. The van der Waals surface area contributed by atoms with Gasteiger partial charge >= 0.3 is 0 Å². The third-order valence-corrected chi connectivity index (χ3v) is 5.51. The molecule has 1 atom stereocenters. The number of para-hydroxylation sites is 1. The summed E-state index contributed by atoms with van der Waals surface area (Å²) in [6.07, 6.45) is 0. The Morgan fingerprint density at radius 2 is 1.28 bits per heavy atom. The second kappa shape index (κ2) is 12.2. The minimum absolute atomic E-state index is 0.113. The van der Waals surface area contributed by atoms with Gasteiger partial charge in [-0.3, -0.25) is 9.59 Å². The maximum Gasteiger partial charge on any atom is 0.255 e. The molecule has 0 heterocycles. The Balaban J connectivity index is 1.28. The number of carbonyl (C=O) groups excluding carboxylic acids is 2. The summed E-state index contributed by atoms with van der Waals surface area (Å²) in [7, 11) is 0. The lowest BCUT2D eigenvalue weighted by Crippen LogP contribution is -2.26. The fourth-order valence-corrected chi connectivity index (χ4v) is 3.58. The normalized spacial score (nSPS) is 11.2. The van der Waals surface area contributed by atoms with Crippen molar-refractivity contribution in [2.45, 2.75) is 13.0 Å². The van der Waals surface area contributed by atoms with Gasteiger partial charge in [0, 0.05) is 16.8 Å². The smallest absolute Gasteiger partial charge is 0.255 e. The summed E-state index contributed by atoms with van der Waals surface area (Å²) in [6.45, 7) is 2.69. The highest BCUT2D eigenvalue weighted by molar-refractivity contribution is 6.04. The second-order valence-electron chi connectivity index (χ2n) is 8.18. The number of rotatable bonds is 10. The molecule has 0 aromatic heterocycles. The van der Waals surface area contributed by atoms with Gasteiger partial charge in [-0.2, -0.15) is 0 Å². The van der Waals surface area contributed by atoms with Gasteiger partial charge in [0.1, 0.15) is 24.7 Å². The lowest BCUT2D eigenvalue weighted by Gasteiger charge is -2.14. The Kier molecular flexibility index (Phi) is 8.33. The van der Waals surface area contributed by atoms with Crippen LogP contribution < -0.4 is 20.1 Å². The monoisotopic (exact) mass is 480 g/mol. The Hall–Kier alpha value is -4.58. The summed E-state index contributed by atoms with van der Waals surface area (Å²) in [5, 5.41) is 5.84. The molecule has 0 spiro atoms. The van der Waals surface area contributed by atoms with Gasteiger partial charge in [-0.05, 0) is 67.1 Å². The topological polar surface area (TPSA) is 76.7 Å². The third kappa shape index (κ3) is 6.96. The fraction of sp³-hybridized carbons (Fsp3) is 0.133. The van der Waals surface area contributed by atoms with Crippen LogP contribution in [0.15, 0.2) is 109 Å². The molecule has 36 heavy (non-hydrogen) atoms. The molecule has 0 aliphatic carbocycles. The van der Waals surface area contributed by atoms with E-state index in [1.807, 2.05) is 67.6 Å². The lowest BCUT2D eigenvalue weighted by molar-refractivity contribution is 0.0939. The zero-order valence-electron chi connectivity index (χ0n) is 20.0. The summed E-state index contributed by atoms with van der Waals surface area (Å²) in [5.74, 6) is 0.920. The first-order valence-corrected chi connectivity index (χ1v) is 11.8. The number of ether oxygens (including phenoxy) is 2. The molecule has 0 aliphatic rings. The highest BCUT2D eigenvalue weighted by atomic mass is 16.5. The van der Waals surface area contributed by atoms with Crippen molar-refractivity contribution < 1.29 is 19.1 Å². The SMILES string of the molecule is CC(NC(=O)c1ccc(NC(=O)c2cccc(OCCOc3ccccc3)c2)cc1)c1ccccc1. The third-order valence-electron chi connectivity index (χ3n) is 5.51. The Labute approximate surface area is 210 Å². The van der Waals surface area contributed by atoms with E-state index in [0.717, 1.165) is 11.3 Å². The van der Waals surface area contributed by atoms with Gasteiger partial charge in [0.2, 0.25) is 0 Å². The largest absolute Gasteiger partial charge is 0.490 e. The molecular weight excluding hydrogens is 452 g/mol. The zero-order chi connectivity index (χ0) is 25.2. The molecule has 6 nitrogen and oxygen atoms in total. The molecule has 4 aromatic carbocycles. The summed E-state index contributed by atoms with van der Waals surface area (Å²) < 4.78 is 11.3. The lowest BCUT2D eigenvalue weighted by atomic mass is 10.1. The molecule has 0 radical (unpaired) electrons. The highest BCUT2D eigenvalue weighted by Gasteiger charge is 2.12. The van der Waals surface area contributed by atoms with Gasteiger partial charge in [0.05, 0.1) is 6.04 Å². The van der Waals surface area contributed by atoms with Crippen molar-refractivity contribution in [3.05, 3.63) is 126 Å². The van der Waals surface area contributed by atoms with Gasteiger partial charge in [0.25, 0.3) is 11.8 Å². The average molecular weight is 481 g/mol. The van der Waals surface area contributed by atoms with E-state index in [-0.39, 0.29) is 17.9 Å². The van der Waals surface area contributed by atoms with E-state index in [1.165, 1.54) is 0 Å². The molecule has 0 aliphatic heterocycles. The number of nitrogens with one attached hydrogen (secondary N) is 2. The van der Waals surface area contributed by atoms with E-state index in [9.17, 15) is 9.59 Å². The molecule has 4 rings (SSSR count). The number of carbonyl (C=O) groups is 2. The van der Waals surface area contributed by atoms with Gasteiger partial charge < -0.3 is 20.1 Å². The first-order valence-electron chi connectivity index (χ1n) is 11.8. The van der Waals surface area contributed by atoms with E-state index < -0.39 is 0 Å². The van der Waals surface area contributed by atoms with Crippen LogP contribution in [0.5, 0.6) is 11.5 Å². The molecule has 0 saturated heterocycles. The Morgan fingerprint density at radius 1 is 0.667 bits per heavy atom. The predicted octanol–water partition coefficient (Wildman–Crippen LogP) is 5.89. The van der Waals surface area contributed by atoms with Crippen molar-refractivity contribution in [3.8, 4) is 11.5 Å². The summed E-state index contributed by atoms with van der Waals surface area (Å²) in [4.78, 5) is 25.3. The van der Waals surface area contributed by atoms with Gasteiger partial charge in [-0.15, -0.1) is 0 Å². The molecule has 4 aromatic rings. The first-order chi connectivity index (χ1) is 17.6. The molecule has 2 N–H and O–H groups in total. The minimum Gasteiger partial charge on any atom is -0.490 e. The van der Waals surface area contributed by atoms with Crippen molar-refractivity contribution in [2.75, 3.05) is 18.5 Å². The van der Waals surface area contributed by atoms with E-state index in [0.29, 0.717) is 35.8 Å². The summed E-state index contributed by atoms with van der Waals surface area (Å²) in [5.41, 5.74) is 2.61. The van der Waals surface area contributed by atoms with Crippen LogP contribution in [-0.2, 0) is 0 Å². The van der Waals surface area contributed by atoms with Crippen LogP contribution in [0.3, 0.4) is 0 Å². The Morgan fingerprint density at radius 3 is 1.97 bits per heavy atom. The van der Waals surface area contributed by atoms with Crippen LogP contribution in [0.25, 0.3) is 0 Å². The van der Waals surface area contributed by atoms with Crippen molar-refractivity contribution in [1.82, 2.24) is 5.32 Å². The van der Waals surface area contributed by atoms with Crippen molar-refractivity contribution in [3.63, 3.8) is 0 Å². The van der Waals surface area contributed by atoms with E-state index >= 15 is 0 Å². The second-order valence-corrected chi connectivity index (χ2v) is 8.18. The number of amides is 2. The number of hydrogen-bond acceptors (Lipinski definition) is 4. The molecule has 1 unspecified atom stereocenters. The van der Waals surface area contributed by atoms with Crippen LogP contribution >= 0.6 is 0 Å². The molecule has 0 bridgehead atoms. The van der Waals surface area contributed by atoms with Crippen LogP contribution in [0.2, 0.25) is 0 Å².